The molecular formula is C13H19N3O6. The molecule has 1 fully saturated rings. The molecule has 1 saturated heterocycles. The fraction of sp³-hybridized carbons (Fsp3) is 0.615. The van der Waals surface area contributed by atoms with E-state index in [9.17, 15) is 24.6 Å². The van der Waals surface area contributed by atoms with Crippen LogP contribution < -0.4 is 11.1 Å². The molecule has 5 N–H and O–H groups in total. The summed E-state index contributed by atoms with van der Waals surface area (Å²) >= 11 is 0. The van der Waals surface area contributed by atoms with Gasteiger partial charge in [-0.2, -0.15) is 0 Å². The number of esters is 1. The summed E-state index contributed by atoms with van der Waals surface area (Å²) in [6.07, 6.45) is 0.485. The molecule has 0 radical (unpaired) electrons. The zero-order valence-electron chi connectivity index (χ0n) is 11.9. The fourth-order valence-corrected chi connectivity index (χ4v) is 2.36. The van der Waals surface area contributed by atoms with Gasteiger partial charge in [0, 0.05) is 6.54 Å². The van der Waals surface area contributed by atoms with Crippen molar-refractivity contribution in [1.29, 1.82) is 0 Å². The van der Waals surface area contributed by atoms with E-state index in [1.54, 1.807) is 6.08 Å². The second-order valence-electron chi connectivity index (χ2n) is 5.32. The minimum absolute atomic E-state index is 0.110. The predicted octanol–water partition coefficient (Wildman–Crippen LogP) is -2.79. The van der Waals surface area contributed by atoms with Crippen LogP contribution in [0.1, 0.15) is 12.8 Å². The van der Waals surface area contributed by atoms with E-state index in [1.807, 2.05) is 0 Å². The molecule has 0 aromatic carbocycles. The topological polar surface area (TPSA) is 142 Å². The van der Waals surface area contributed by atoms with E-state index in [0.29, 0.717) is 12.0 Å². The SMILES string of the molecule is NC1CC=C(CO)CN(CC(=O)NC2CC(=O)OC2O)C1=O. The van der Waals surface area contributed by atoms with E-state index >= 15 is 0 Å². The first-order valence-electron chi connectivity index (χ1n) is 6.90. The van der Waals surface area contributed by atoms with E-state index < -0.39 is 36.2 Å². The molecule has 0 aliphatic carbocycles. The van der Waals surface area contributed by atoms with Crippen LogP contribution in [0.15, 0.2) is 11.6 Å². The van der Waals surface area contributed by atoms with Crippen molar-refractivity contribution in [2.45, 2.75) is 31.2 Å². The maximum Gasteiger partial charge on any atom is 0.310 e. The van der Waals surface area contributed by atoms with Crippen molar-refractivity contribution in [3.05, 3.63) is 11.6 Å². The largest absolute Gasteiger partial charge is 0.434 e. The van der Waals surface area contributed by atoms with Gasteiger partial charge in [-0.3, -0.25) is 14.4 Å². The van der Waals surface area contributed by atoms with Gasteiger partial charge < -0.3 is 30.9 Å². The Hall–Kier alpha value is -1.97. The molecule has 2 aliphatic rings. The highest BCUT2D eigenvalue weighted by molar-refractivity contribution is 5.88. The van der Waals surface area contributed by atoms with Gasteiger partial charge in [0.15, 0.2) is 0 Å². The molecule has 3 atom stereocenters. The third-order valence-electron chi connectivity index (χ3n) is 3.55. The number of rotatable bonds is 4. The Morgan fingerprint density at radius 1 is 1.50 bits per heavy atom. The summed E-state index contributed by atoms with van der Waals surface area (Å²) in [5.74, 6) is -1.53. The van der Waals surface area contributed by atoms with Crippen molar-refractivity contribution < 1.29 is 29.3 Å². The van der Waals surface area contributed by atoms with Crippen LogP contribution in [0.5, 0.6) is 0 Å². The normalized spacial score (nSPS) is 29.0. The van der Waals surface area contributed by atoms with Gasteiger partial charge in [-0.1, -0.05) is 6.08 Å². The lowest BCUT2D eigenvalue weighted by Gasteiger charge is -2.24. The molecule has 2 heterocycles. The van der Waals surface area contributed by atoms with Crippen LogP contribution in [0.2, 0.25) is 0 Å². The number of amides is 2. The van der Waals surface area contributed by atoms with E-state index in [2.05, 4.69) is 10.1 Å². The van der Waals surface area contributed by atoms with Gasteiger partial charge >= 0.3 is 5.97 Å². The Balaban J connectivity index is 1.95. The Bertz CT molecular complexity index is 506. The first-order chi connectivity index (χ1) is 10.4. The second kappa shape index (κ2) is 6.86. The molecule has 122 valence electrons. The molecule has 0 bridgehead atoms. The summed E-state index contributed by atoms with van der Waals surface area (Å²) in [5.41, 5.74) is 6.32. The maximum atomic E-state index is 12.1. The summed E-state index contributed by atoms with van der Waals surface area (Å²) in [4.78, 5) is 36.3. The maximum absolute atomic E-state index is 12.1. The van der Waals surface area contributed by atoms with Crippen LogP contribution >= 0.6 is 0 Å². The first-order valence-corrected chi connectivity index (χ1v) is 6.90. The number of aliphatic hydroxyl groups excluding tert-OH is 2. The molecule has 2 amide bonds. The quantitative estimate of drug-likeness (QED) is 0.325. The zero-order valence-corrected chi connectivity index (χ0v) is 11.9. The number of cyclic esters (lactones) is 1. The number of hydrogen-bond acceptors (Lipinski definition) is 7. The molecule has 3 unspecified atom stereocenters. The van der Waals surface area contributed by atoms with Crippen LogP contribution in [-0.2, 0) is 19.1 Å². The number of carbonyl (C=O) groups excluding carboxylic acids is 3. The molecular weight excluding hydrogens is 294 g/mol. The highest BCUT2D eigenvalue weighted by Crippen LogP contribution is 2.13. The average Bonchev–Trinajstić information content (AvgIpc) is 2.71. The van der Waals surface area contributed by atoms with Gasteiger partial charge in [0.25, 0.3) is 0 Å². The van der Waals surface area contributed by atoms with Gasteiger partial charge in [-0.05, 0) is 12.0 Å². The van der Waals surface area contributed by atoms with Crippen molar-refractivity contribution in [1.82, 2.24) is 10.2 Å². The van der Waals surface area contributed by atoms with E-state index in [0.717, 1.165) is 0 Å². The van der Waals surface area contributed by atoms with Crippen molar-refractivity contribution in [3.63, 3.8) is 0 Å². The molecule has 2 rings (SSSR count). The molecule has 9 heteroatoms. The standard InChI is InChI=1S/C13H19N3O6/c14-8-2-1-7(6-17)4-16(12(8)20)5-10(18)15-9-3-11(19)22-13(9)21/h1,8-9,13,17,21H,2-6,14H2,(H,15,18). The summed E-state index contributed by atoms with van der Waals surface area (Å²) < 4.78 is 4.52. The summed E-state index contributed by atoms with van der Waals surface area (Å²) in [6.45, 7) is -0.387. The number of aliphatic hydroxyl groups is 2. The molecule has 0 spiro atoms. The molecule has 0 saturated carbocycles. The van der Waals surface area contributed by atoms with E-state index in [4.69, 9.17) is 5.73 Å². The third-order valence-corrected chi connectivity index (χ3v) is 3.55. The fourth-order valence-electron chi connectivity index (χ4n) is 2.36. The second-order valence-corrected chi connectivity index (χ2v) is 5.32. The Labute approximate surface area is 126 Å². The number of carbonyl (C=O) groups is 3. The van der Waals surface area contributed by atoms with Gasteiger partial charge in [0.1, 0.15) is 6.04 Å². The van der Waals surface area contributed by atoms with Crippen LogP contribution in [0.25, 0.3) is 0 Å². The Morgan fingerprint density at radius 3 is 2.82 bits per heavy atom. The van der Waals surface area contributed by atoms with Crippen LogP contribution in [-0.4, -0.2) is 71.0 Å². The highest BCUT2D eigenvalue weighted by Gasteiger charge is 2.35. The van der Waals surface area contributed by atoms with Gasteiger partial charge in [0.05, 0.1) is 25.6 Å². The zero-order chi connectivity index (χ0) is 16.3. The lowest BCUT2D eigenvalue weighted by atomic mass is 10.2. The van der Waals surface area contributed by atoms with Crippen LogP contribution in [0.4, 0.5) is 0 Å². The third kappa shape index (κ3) is 3.81. The molecule has 0 aromatic heterocycles. The summed E-state index contributed by atoms with van der Waals surface area (Å²) in [7, 11) is 0. The smallest absolute Gasteiger partial charge is 0.310 e. The Morgan fingerprint density at radius 2 is 2.23 bits per heavy atom. The van der Waals surface area contributed by atoms with E-state index in [-0.39, 0.29) is 26.1 Å². The predicted molar refractivity (Wildman–Crippen MR) is 73.0 cm³/mol. The van der Waals surface area contributed by atoms with E-state index in [1.165, 1.54) is 4.90 Å². The lowest BCUT2D eigenvalue weighted by Crippen LogP contribution is -2.50. The highest BCUT2D eigenvalue weighted by atomic mass is 16.6. The molecule has 2 aliphatic heterocycles. The first kappa shape index (κ1) is 16.4. The van der Waals surface area contributed by atoms with Crippen molar-refractivity contribution in [3.8, 4) is 0 Å². The minimum Gasteiger partial charge on any atom is -0.434 e. The van der Waals surface area contributed by atoms with Crippen LogP contribution in [0.3, 0.4) is 0 Å². The number of nitrogens with zero attached hydrogens (tertiary/aromatic N) is 1. The number of hydrogen-bond donors (Lipinski definition) is 4. The molecule has 0 aromatic rings. The average molecular weight is 313 g/mol. The summed E-state index contributed by atoms with van der Waals surface area (Å²) in [6, 6.07) is -1.59. The molecule has 9 nitrogen and oxygen atoms in total. The van der Waals surface area contributed by atoms with Crippen molar-refractivity contribution >= 4 is 17.8 Å². The van der Waals surface area contributed by atoms with Crippen molar-refractivity contribution in [2.24, 2.45) is 5.73 Å². The monoisotopic (exact) mass is 313 g/mol. The summed E-state index contributed by atoms with van der Waals surface area (Å²) in [5, 5.41) is 21.1. The van der Waals surface area contributed by atoms with Gasteiger partial charge in [-0.15, -0.1) is 0 Å². The number of nitrogens with two attached hydrogens (primary N) is 1. The number of ether oxygens (including phenoxy) is 1. The van der Waals surface area contributed by atoms with Gasteiger partial charge in [-0.25, -0.2) is 0 Å². The molecule has 22 heavy (non-hydrogen) atoms. The van der Waals surface area contributed by atoms with Crippen LogP contribution in [0, 0.1) is 0 Å². The number of nitrogens with one attached hydrogen (secondary N) is 1. The van der Waals surface area contributed by atoms with Crippen molar-refractivity contribution in [2.75, 3.05) is 19.7 Å². The minimum atomic E-state index is -1.38. The van der Waals surface area contributed by atoms with Gasteiger partial charge in [0.2, 0.25) is 18.1 Å². The Kier molecular flexibility index (Phi) is 5.11. The lowest BCUT2D eigenvalue weighted by molar-refractivity contribution is -0.155.